The fourth-order valence-corrected chi connectivity index (χ4v) is 3.76. The number of pyridine rings is 1. The molecule has 0 atom stereocenters. The van der Waals surface area contributed by atoms with Gasteiger partial charge in [0.2, 0.25) is 0 Å². The van der Waals surface area contributed by atoms with Crippen LogP contribution in [0.15, 0.2) is 103 Å². The van der Waals surface area contributed by atoms with Crippen LogP contribution in [0, 0.1) is 0 Å². The first kappa shape index (κ1) is 22.1. The second kappa shape index (κ2) is 11.0. The van der Waals surface area contributed by atoms with Crippen molar-refractivity contribution in [3.05, 3.63) is 115 Å². The summed E-state index contributed by atoms with van der Waals surface area (Å²) in [6.45, 7) is 4.27. The zero-order valence-electron chi connectivity index (χ0n) is 18.7. The second-order valence-corrected chi connectivity index (χ2v) is 7.75. The van der Waals surface area contributed by atoms with Gasteiger partial charge in [0.05, 0.1) is 0 Å². The number of nitrogens with one attached hydrogen (secondary N) is 2. The van der Waals surface area contributed by atoms with E-state index in [0.717, 1.165) is 30.0 Å². The summed E-state index contributed by atoms with van der Waals surface area (Å²) in [4.78, 5) is 18.6. The molecule has 3 aromatic carbocycles. The predicted molar refractivity (Wildman–Crippen MR) is 135 cm³/mol. The number of anilines is 2. The molecule has 0 aliphatic heterocycles. The molecule has 1 heterocycles. The van der Waals surface area contributed by atoms with Crippen molar-refractivity contribution in [1.82, 2.24) is 10.3 Å². The van der Waals surface area contributed by atoms with Crippen LogP contribution in [-0.2, 0) is 13.1 Å². The van der Waals surface area contributed by atoms with Gasteiger partial charge in [-0.1, -0.05) is 60.7 Å². The highest BCUT2D eigenvalue weighted by Crippen LogP contribution is 2.27. The number of urea groups is 1. The van der Waals surface area contributed by atoms with E-state index in [2.05, 4.69) is 76.0 Å². The average Bonchev–Trinajstić information content (AvgIpc) is 2.88. The predicted octanol–water partition coefficient (Wildman–Crippen LogP) is 6.10. The van der Waals surface area contributed by atoms with Crippen LogP contribution in [0.4, 0.5) is 16.2 Å². The summed E-state index contributed by atoms with van der Waals surface area (Å²) in [5.74, 6) is 0. The third-order valence-electron chi connectivity index (χ3n) is 5.51. The van der Waals surface area contributed by atoms with Gasteiger partial charge in [-0.05, 0) is 59.5 Å². The summed E-state index contributed by atoms with van der Waals surface area (Å²) >= 11 is 0. The first-order valence-corrected chi connectivity index (χ1v) is 11.1. The zero-order chi connectivity index (χ0) is 22.9. The van der Waals surface area contributed by atoms with E-state index in [4.69, 9.17) is 0 Å². The number of hydrogen-bond acceptors (Lipinski definition) is 3. The Morgan fingerprint density at radius 1 is 0.879 bits per heavy atom. The lowest BCUT2D eigenvalue weighted by molar-refractivity contribution is 0.251. The van der Waals surface area contributed by atoms with Crippen LogP contribution < -0.4 is 15.5 Å². The Kier molecular flexibility index (Phi) is 7.33. The molecule has 0 fully saturated rings. The van der Waals surface area contributed by atoms with E-state index in [9.17, 15) is 4.79 Å². The molecule has 0 radical (unpaired) electrons. The van der Waals surface area contributed by atoms with Crippen molar-refractivity contribution in [2.24, 2.45) is 0 Å². The summed E-state index contributed by atoms with van der Waals surface area (Å²) in [5, 5.41) is 5.74. The van der Waals surface area contributed by atoms with E-state index in [1.807, 2.05) is 42.5 Å². The van der Waals surface area contributed by atoms with Gasteiger partial charge in [-0.25, -0.2) is 4.79 Å². The molecule has 0 spiro atoms. The summed E-state index contributed by atoms with van der Waals surface area (Å²) in [6.07, 6.45) is 3.45. The number of carbonyl (C=O) groups excluding carboxylic acids is 1. The first-order valence-electron chi connectivity index (χ1n) is 11.1. The largest absolute Gasteiger partial charge is 0.367 e. The lowest BCUT2D eigenvalue weighted by atomic mass is 9.99. The molecule has 4 rings (SSSR count). The van der Waals surface area contributed by atoms with Crippen LogP contribution >= 0.6 is 0 Å². The van der Waals surface area contributed by atoms with Gasteiger partial charge in [0.1, 0.15) is 0 Å². The summed E-state index contributed by atoms with van der Waals surface area (Å²) in [7, 11) is 0. The van der Waals surface area contributed by atoms with Gasteiger partial charge in [-0.3, -0.25) is 4.98 Å². The van der Waals surface area contributed by atoms with Crippen LogP contribution in [0.3, 0.4) is 0 Å². The molecule has 4 aromatic rings. The Morgan fingerprint density at radius 2 is 1.64 bits per heavy atom. The van der Waals surface area contributed by atoms with E-state index in [0.29, 0.717) is 6.54 Å². The Labute approximate surface area is 195 Å². The molecule has 33 heavy (non-hydrogen) atoms. The number of nitrogens with zero attached hydrogens (tertiary/aromatic N) is 2. The van der Waals surface area contributed by atoms with Crippen LogP contribution in [0.2, 0.25) is 0 Å². The molecule has 2 amide bonds. The number of rotatable bonds is 8. The Hall–Kier alpha value is -4.12. The number of benzene rings is 3. The fourth-order valence-electron chi connectivity index (χ4n) is 3.76. The molecular weight excluding hydrogens is 408 g/mol. The monoisotopic (exact) mass is 436 g/mol. The molecule has 166 valence electrons. The van der Waals surface area contributed by atoms with E-state index < -0.39 is 0 Å². The number of aromatic nitrogens is 1. The van der Waals surface area contributed by atoms with Crippen molar-refractivity contribution < 1.29 is 4.79 Å². The third kappa shape index (κ3) is 5.98. The van der Waals surface area contributed by atoms with E-state index in [1.54, 1.807) is 12.4 Å². The molecule has 0 unspecified atom stereocenters. The van der Waals surface area contributed by atoms with Gasteiger partial charge in [-0.15, -0.1) is 0 Å². The number of carbonyl (C=O) groups is 1. The van der Waals surface area contributed by atoms with Crippen molar-refractivity contribution in [3.63, 3.8) is 0 Å². The standard InChI is InChI=1S/C28H28N4O/c1-2-32(21-24-12-6-7-13-27(24)23-10-4-3-5-11-23)26-16-14-25(15-17-26)31-28(33)30-20-22-9-8-18-29-19-22/h3-19H,2,20-21H2,1H3,(H2,30,31,33). The van der Waals surface area contributed by atoms with Gasteiger partial charge in [0.25, 0.3) is 0 Å². The molecule has 0 aliphatic carbocycles. The van der Waals surface area contributed by atoms with Crippen molar-refractivity contribution in [1.29, 1.82) is 0 Å². The molecule has 0 aliphatic rings. The zero-order valence-corrected chi connectivity index (χ0v) is 18.7. The average molecular weight is 437 g/mol. The molecule has 5 heteroatoms. The normalized spacial score (nSPS) is 10.5. The van der Waals surface area contributed by atoms with Crippen molar-refractivity contribution in [2.75, 3.05) is 16.8 Å². The van der Waals surface area contributed by atoms with Crippen molar-refractivity contribution in [3.8, 4) is 11.1 Å². The fraction of sp³-hybridized carbons (Fsp3) is 0.143. The van der Waals surface area contributed by atoms with Crippen molar-refractivity contribution in [2.45, 2.75) is 20.0 Å². The first-order chi connectivity index (χ1) is 16.2. The van der Waals surface area contributed by atoms with Gasteiger partial charge in [0.15, 0.2) is 0 Å². The third-order valence-corrected chi connectivity index (χ3v) is 5.51. The molecular formula is C28H28N4O. The Bertz CT molecular complexity index is 1160. The molecule has 0 bridgehead atoms. The van der Waals surface area contributed by atoms with Gasteiger partial charge < -0.3 is 15.5 Å². The van der Waals surface area contributed by atoms with Crippen LogP contribution in [0.5, 0.6) is 0 Å². The highest BCUT2D eigenvalue weighted by atomic mass is 16.2. The maximum Gasteiger partial charge on any atom is 0.319 e. The number of amides is 2. The molecule has 1 aromatic heterocycles. The lowest BCUT2D eigenvalue weighted by Gasteiger charge is -2.25. The van der Waals surface area contributed by atoms with E-state index in [1.165, 1.54) is 16.7 Å². The topological polar surface area (TPSA) is 57.3 Å². The molecule has 5 nitrogen and oxygen atoms in total. The van der Waals surface area contributed by atoms with Gasteiger partial charge >= 0.3 is 6.03 Å². The van der Waals surface area contributed by atoms with Gasteiger partial charge in [0, 0.05) is 43.4 Å². The summed E-state index contributed by atoms with van der Waals surface area (Å²) < 4.78 is 0. The van der Waals surface area contributed by atoms with E-state index >= 15 is 0 Å². The quantitative estimate of drug-likeness (QED) is 0.351. The summed E-state index contributed by atoms with van der Waals surface area (Å²) in [6, 6.07) is 30.5. The summed E-state index contributed by atoms with van der Waals surface area (Å²) in [5.41, 5.74) is 6.57. The SMILES string of the molecule is CCN(Cc1ccccc1-c1ccccc1)c1ccc(NC(=O)NCc2cccnc2)cc1. The minimum atomic E-state index is -0.240. The van der Waals surface area contributed by atoms with Crippen LogP contribution in [0.25, 0.3) is 11.1 Å². The molecule has 2 N–H and O–H groups in total. The minimum Gasteiger partial charge on any atom is -0.367 e. The molecule has 0 saturated heterocycles. The van der Waals surface area contributed by atoms with Crippen LogP contribution in [0.1, 0.15) is 18.1 Å². The smallest absolute Gasteiger partial charge is 0.319 e. The lowest BCUT2D eigenvalue weighted by Crippen LogP contribution is -2.28. The maximum atomic E-state index is 12.2. The second-order valence-electron chi connectivity index (χ2n) is 7.75. The van der Waals surface area contributed by atoms with Crippen LogP contribution in [-0.4, -0.2) is 17.6 Å². The Morgan fingerprint density at radius 3 is 2.36 bits per heavy atom. The van der Waals surface area contributed by atoms with Gasteiger partial charge in [-0.2, -0.15) is 0 Å². The highest BCUT2D eigenvalue weighted by Gasteiger charge is 2.10. The minimum absolute atomic E-state index is 0.240. The Balaban J connectivity index is 1.40. The number of hydrogen-bond donors (Lipinski definition) is 2. The van der Waals surface area contributed by atoms with E-state index in [-0.39, 0.29) is 6.03 Å². The highest BCUT2D eigenvalue weighted by molar-refractivity contribution is 5.89. The molecule has 0 saturated carbocycles. The van der Waals surface area contributed by atoms with Crippen molar-refractivity contribution >= 4 is 17.4 Å². The maximum absolute atomic E-state index is 12.2.